The summed E-state index contributed by atoms with van der Waals surface area (Å²) in [6.07, 6.45) is 1.70. The number of fused-ring (bicyclic) bond motifs is 1. The van der Waals surface area contributed by atoms with Crippen molar-refractivity contribution in [3.05, 3.63) is 95.4 Å². The van der Waals surface area contributed by atoms with Crippen LogP contribution < -0.4 is 5.32 Å². The lowest BCUT2D eigenvalue weighted by atomic mass is 10.1. The highest BCUT2D eigenvalue weighted by atomic mass is 35.5. The van der Waals surface area contributed by atoms with Crippen molar-refractivity contribution in [2.24, 2.45) is 0 Å². The van der Waals surface area contributed by atoms with Crippen LogP contribution in [0, 0.1) is 5.82 Å². The Kier molecular flexibility index (Phi) is 6.61. The highest BCUT2D eigenvalue weighted by Gasteiger charge is 2.30. The smallest absolute Gasteiger partial charge is 0.253 e. The summed E-state index contributed by atoms with van der Waals surface area (Å²) >= 11 is 6.06. The van der Waals surface area contributed by atoms with Crippen LogP contribution in [-0.4, -0.2) is 54.7 Å². The first kappa shape index (κ1) is 24.2. The summed E-state index contributed by atoms with van der Waals surface area (Å²) in [4.78, 5) is 19.0. The molecule has 10 heteroatoms. The zero-order valence-corrected chi connectivity index (χ0v) is 20.6. The van der Waals surface area contributed by atoms with Gasteiger partial charge < -0.3 is 10.2 Å². The van der Waals surface area contributed by atoms with Crippen molar-refractivity contribution < 1.29 is 17.6 Å². The van der Waals surface area contributed by atoms with E-state index in [9.17, 15) is 17.6 Å². The molecule has 0 atom stereocenters. The number of nitrogens with one attached hydrogen (secondary N) is 1. The fraction of sp³-hybridized carbons (Fsp3) is 0.154. The number of pyridine rings is 1. The lowest BCUT2D eigenvalue weighted by molar-refractivity contribution is 0.0698. The number of aromatic nitrogens is 1. The van der Waals surface area contributed by atoms with Gasteiger partial charge in [-0.3, -0.25) is 9.78 Å². The molecule has 0 aliphatic carbocycles. The first-order valence-corrected chi connectivity index (χ1v) is 13.1. The fourth-order valence-corrected chi connectivity index (χ4v) is 5.74. The molecule has 7 nitrogen and oxygen atoms in total. The van der Waals surface area contributed by atoms with Crippen LogP contribution in [0.4, 0.5) is 15.8 Å². The molecule has 0 unspecified atom stereocenters. The predicted octanol–water partition coefficient (Wildman–Crippen LogP) is 4.92. The number of carbonyl (C=O) groups is 1. The van der Waals surface area contributed by atoms with E-state index >= 15 is 0 Å². The second kappa shape index (κ2) is 9.85. The van der Waals surface area contributed by atoms with Gasteiger partial charge in [-0.25, -0.2) is 12.8 Å². The zero-order valence-electron chi connectivity index (χ0n) is 19.1. The summed E-state index contributed by atoms with van der Waals surface area (Å²) in [5, 5.41) is 4.89. The van der Waals surface area contributed by atoms with Crippen molar-refractivity contribution in [3.8, 4) is 0 Å². The van der Waals surface area contributed by atoms with Gasteiger partial charge in [0.2, 0.25) is 10.0 Å². The Morgan fingerprint density at radius 3 is 2.31 bits per heavy atom. The van der Waals surface area contributed by atoms with Crippen LogP contribution in [0.3, 0.4) is 0 Å². The van der Waals surface area contributed by atoms with Gasteiger partial charge >= 0.3 is 0 Å². The molecule has 1 N–H and O–H groups in total. The summed E-state index contributed by atoms with van der Waals surface area (Å²) in [5.74, 6) is -0.658. The van der Waals surface area contributed by atoms with Crippen LogP contribution in [0.15, 0.2) is 83.9 Å². The average molecular weight is 525 g/mol. The van der Waals surface area contributed by atoms with Crippen molar-refractivity contribution >= 4 is 49.8 Å². The summed E-state index contributed by atoms with van der Waals surface area (Å²) < 4.78 is 40.1. The van der Waals surface area contributed by atoms with E-state index in [1.165, 1.54) is 16.4 Å². The maximum absolute atomic E-state index is 13.2. The number of hydrogen-bond donors (Lipinski definition) is 1. The minimum Gasteiger partial charge on any atom is -0.355 e. The van der Waals surface area contributed by atoms with Crippen LogP contribution in [-0.2, 0) is 10.0 Å². The molecule has 184 valence electrons. The van der Waals surface area contributed by atoms with Crippen LogP contribution in [0.1, 0.15) is 10.4 Å². The number of carbonyl (C=O) groups excluding carboxylic acids is 1. The highest BCUT2D eigenvalue weighted by molar-refractivity contribution is 7.89. The van der Waals surface area contributed by atoms with E-state index in [1.54, 1.807) is 29.3 Å². The predicted molar refractivity (Wildman–Crippen MR) is 138 cm³/mol. The third-order valence-electron chi connectivity index (χ3n) is 6.09. The number of rotatable bonds is 5. The number of piperazine rings is 1. The molecular formula is C26H22ClFN4O3S. The average Bonchev–Trinajstić information content (AvgIpc) is 2.89. The van der Waals surface area contributed by atoms with E-state index in [1.807, 2.05) is 30.3 Å². The van der Waals surface area contributed by atoms with Gasteiger partial charge in [-0.1, -0.05) is 11.6 Å². The van der Waals surface area contributed by atoms with Gasteiger partial charge in [0.15, 0.2) is 0 Å². The number of halogens is 2. The Morgan fingerprint density at radius 2 is 1.61 bits per heavy atom. The Labute approximate surface area is 213 Å². The van der Waals surface area contributed by atoms with Gasteiger partial charge in [0.1, 0.15) is 5.82 Å². The highest BCUT2D eigenvalue weighted by Crippen LogP contribution is 2.27. The minimum absolute atomic E-state index is 0.0387. The van der Waals surface area contributed by atoms with Crippen LogP contribution >= 0.6 is 11.6 Å². The van der Waals surface area contributed by atoms with E-state index in [-0.39, 0.29) is 37.0 Å². The lowest BCUT2D eigenvalue weighted by Crippen LogP contribution is -2.50. The molecule has 2 heterocycles. The summed E-state index contributed by atoms with van der Waals surface area (Å²) in [7, 11) is -3.74. The van der Waals surface area contributed by atoms with E-state index in [0.717, 1.165) is 34.4 Å². The number of anilines is 2. The van der Waals surface area contributed by atoms with Crippen LogP contribution in [0.5, 0.6) is 0 Å². The van der Waals surface area contributed by atoms with Gasteiger partial charge in [-0.2, -0.15) is 4.31 Å². The van der Waals surface area contributed by atoms with Crippen molar-refractivity contribution in [2.75, 3.05) is 31.5 Å². The molecular weight excluding hydrogens is 503 g/mol. The number of hydrogen-bond acceptors (Lipinski definition) is 5. The summed E-state index contributed by atoms with van der Waals surface area (Å²) in [5.41, 5.74) is 2.97. The standard InChI is InChI=1S/C26H22ClFN4O3S/c27-19-3-10-23-24(11-12-29-25(23)17-19)30-21-6-1-18(2-7-21)26(33)31-13-15-32(16-14-31)36(34,35)22-8-4-20(28)5-9-22/h1-12,17H,13-16H2,(H,29,30). The van der Waals surface area contributed by atoms with Crippen molar-refractivity contribution in [3.63, 3.8) is 0 Å². The van der Waals surface area contributed by atoms with Gasteiger partial charge in [-0.15, -0.1) is 0 Å². The molecule has 5 rings (SSSR count). The molecule has 1 aliphatic heterocycles. The quantitative estimate of drug-likeness (QED) is 0.401. The minimum atomic E-state index is -3.74. The topological polar surface area (TPSA) is 82.6 Å². The van der Waals surface area contributed by atoms with Crippen molar-refractivity contribution in [1.82, 2.24) is 14.2 Å². The molecule has 0 spiro atoms. The molecule has 1 saturated heterocycles. The summed E-state index contributed by atoms with van der Waals surface area (Å²) in [6, 6.07) is 19.3. The normalized spacial score (nSPS) is 14.7. The van der Waals surface area contributed by atoms with Gasteiger partial charge in [-0.05, 0) is 72.8 Å². The molecule has 0 radical (unpaired) electrons. The fourth-order valence-electron chi connectivity index (χ4n) is 4.15. The molecule has 1 amide bonds. The molecule has 0 bridgehead atoms. The number of sulfonamides is 1. The van der Waals surface area contributed by atoms with E-state index in [4.69, 9.17) is 11.6 Å². The molecule has 0 saturated carbocycles. The summed E-state index contributed by atoms with van der Waals surface area (Å²) in [6.45, 7) is 0.879. The van der Waals surface area contributed by atoms with Crippen molar-refractivity contribution in [1.29, 1.82) is 0 Å². The lowest BCUT2D eigenvalue weighted by Gasteiger charge is -2.34. The first-order valence-electron chi connectivity index (χ1n) is 11.3. The molecule has 1 aliphatic rings. The Hall–Kier alpha value is -3.53. The monoisotopic (exact) mass is 524 g/mol. The third kappa shape index (κ3) is 4.90. The van der Waals surface area contributed by atoms with Crippen molar-refractivity contribution in [2.45, 2.75) is 4.90 Å². The zero-order chi connectivity index (χ0) is 25.3. The molecule has 36 heavy (non-hydrogen) atoms. The molecule has 1 aromatic heterocycles. The SMILES string of the molecule is O=C(c1ccc(Nc2ccnc3cc(Cl)ccc23)cc1)N1CCN(S(=O)(=O)c2ccc(F)cc2)CC1. The van der Waals surface area contributed by atoms with Crippen LogP contribution in [0.25, 0.3) is 10.9 Å². The molecule has 4 aromatic rings. The third-order valence-corrected chi connectivity index (χ3v) is 8.24. The maximum Gasteiger partial charge on any atom is 0.253 e. The van der Waals surface area contributed by atoms with Gasteiger partial charge in [0.25, 0.3) is 5.91 Å². The van der Waals surface area contributed by atoms with Gasteiger partial charge in [0.05, 0.1) is 10.4 Å². The Bertz CT molecular complexity index is 1520. The number of amides is 1. The Balaban J connectivity index is 1.23. The number of benzene rings is 3. The Morgan fingerprint density at radius 1 is 0.917 bits per heavy atom. The van der Waals surface area contributed by atoms with E-state index in [2.05, 4.69) is 10.3 Å². The second-order valence-electron chi connectivity index (χ2n) is 8.37. The van der Waals surface area contributed by atoms with Crippen LogP contribution in [0.2, 0.25) is 5.02 Å². The van der Waals surface area contributed by atoms with E-state index < -0.39 is 15.8 Å². The second-order valence-corrected chi connectivity index (χ2v) is 10.7. The van der Waals surface area contributed by atoms with E-state index in [0.29, 0.717) is 10.6 Å². The molecule has 1 fully saturated rings. The number of nitrogens with zero attached hydrogens (tertiary/aromatic N) is 3. The van der Waals surface area contributed by atoms with Gasteiger partial charge in [0, 0.05) is 59.7 Å². The largest absolute Gasteiger partial charge is 0.355 e. The molecule has 3 aromatic carbocycles. The first-order chi connectivity index (χ1) is 17.3. The maximum atomic E-state index is 13.2.